The van der Waals surface area contributed by atoms with Crippen molar-refractivity contribution >= 4 is 19.5 Å². The van der Waals surface area contributed by atoms with Gasteiger partial charge in [-0.1, -0.05) is 41.5 Å². The summed E-state index contributed by atoms with van der Waals surface area (Å²) >= 11 is -11.2. The zero-order chi connectivity index (χ0) is 24.9. The molecule has 1 saturated carbocycles. The van der Waals surface area contributed by atoms with E-state index in [4.69, 9.17) is 5.26 Å². The van der Waals surface area contributed by atoms with Crippen LogP contribution in [0, 0.1) is 29.1 Å². The van der Waals surface area contributed by atoms with E-state index in [0.29, 0.717) is 18.1 Å². The molecule has 0 spiro atoms. The third-order valence-corrected chi connectivity index (χ3v) is 4.15. The van der Waals surface area contributed by atoms with E-state index >= 15 is 0 Å². The molecule has 32 heavy (non-hydrogen) atoms. The SMILES string of the molecule is CC#N.CC(C)CNC1CC(NCC(C)C)CC(NCC(C)C)C1.[Cu+].[F][Sb-]([F])([F])([F])([F])[F]. The first-order chi connectivity index (χ1) is 13.7. The van der Waals surface area contributed by atoms with E-state index in [1.54, 1.807) is 6.07 Å². The van der Waals surface area contributed by atoms with Crippen molar-refractivity contribution in [1.29, 1.82) is 5.26 Å². The van der Waals surface area contributed by atoms with Crippen LogP contribution in [0.1, 0.15) is 67.7 Å². The Morgan fingerprint density at radius 3 is 0.969 bits per heavy atom. The Morgan fingerprint density at radius 1 is 0.688 bits per heavy atom. The van der Waals surface area contributed by atoms with Crippen molar-refractivity contribution in [3.05, 3.63) is 0 Å². The van der Waals surface area contributed by atoms with E-state index in [1.807, 2.05) is 0 Å². The molecule has 0 atom stereocenters. The van der Waals surface area contributed by atoms with E-state index in [9.17, 15) is 16.9 Å². The maximum atomic E-state index is 9.93. The molecule has 1 aliphatic rings. The van der Waals surface area contributed by atoms with Crippen LogP contribution in [0.2, 0.25) is 0 Å². The molecular formula is C20H42CuF6N4Sb. The number of hydrogen-bond donors (Lipinski definition) is 3. The number of nitrogens with one attached hydrogen (secondary N) is 3. The molecule has 0 amide bonds. The number of hydrogen-bond acceptors (Lipinski definition) is 4. The van der Waals surface area contributed by atoms with Crippen LogP contribution in [0.5, 0.6) is 0 Å². The molecule has 0 unspecified atom stereocenters. The van der Waals surface area contributed by atoms with Crippen LogP contribution in [0.3, 0.4) is 0 Å². The van der Waals surface area contributed by atoms with Crippen molar-refractivity contribution < 1.29 is 33.9 Å². The number of nitriles is 1. The third kappa shape index (κ3) is 34.9. The van der Waals surface area contributed by atoms with Gasteiger partial charge in [-0.25, -0.2) is 0 Å². The molecule has 0 radical (unpaired) electrons. The van der Waals surface area contributed by atoms with Gasteiger partial charge in [0.15, 0.2) is 0 Å². The Balaban J connectivity index is -0.000000643. The molecule has 1 aliphatic carbocycles. The van der Waals surface area contributed by atoms with Gasteiger partial charge in [0.25, 0.3) is 0 Å². The first-order valence-corrected chi connectivity index (χ1v) is 16.6. The van der Waals surface area contributed by atoms with E-state index in [-0.39, 0.29) is 17.1 Å². The second-order valence-electron chi connectivity index (χ2n) is 9.39. The van der Waals surface area contributed by atoms with Gasteiger partial charge in [0.1, 0.15) is 0 Å². The van der Waals surface area contributed by atoms with Crippen LogP contribution in [-0.4, -0.2) is 57.2 Å². The topological polar surface area (TPSA) is 59.9 Å². The fourth-order valence-corrected chi connectivity index (χ4v) is 3.03. The maximum absolute atomic E-state index is 11.2. The van der Waals surface area contributed by atoms with Crippen molar-refractivity contribution in [3.8, 4) is 6.07 Å². The third-order valence-electron chi connectivity index (χ3n) is 4.15. The van der Waals surface area contributed by atoms with Gasteiger partial charge in [-0.3, -0.25) is 0 Å². The quantitative estimate of drug-likeness (QED) is 0.225. The number of nitrogens with zero attached hydrogens (tertiary/aromatic N) is 1. The molecule has 0 aromatic heterocycles. The molecule has 1 rings (SSSR count). The van der Waals surface area contributed by atoms with Gasteiger partial charge in [-0.05, 0) is 56.7 Å². The molecule has 3 N–H and O–H groups in total. The summed E-state index contributed by atoms with van der Waals surface area (Å²) in [6.07, 6.45) is 3.83. The Bertz CT molecular complexity index is 463. The summed E-state index contributed by atoms with van der Waals surface area (Å²) < 4.78 is 59.6. The van der Waals surface area contributed by atoms with Gasteiger partial charge >= 0.3 is 53.4 Å². The summed E-state index contributed by atoms with van der Waals surface area (Å²) in [6, 6.07) is 3.74. The zero-order valence-electron chi connectivity index (χ0n) is 20.2. The second-order valence-corrected chi connectivity index (χ2v) is 14.9. The minimum atomic E-state index is -11.2. The summed E-state index contributed by atoms with van der Waals surface area (Å²) in [5.41, 5.74) is 0. The van der Waals surface area contributed by atoms with Crippen LogP contribution < -0.4 is 16.0 Å². The number of rotatable bonds is 9. The fourth-order valence-electron chi connectivity index (χ4n) is 3.03. The minimum absolute atomic E-state index is 0. The molecule has 1 fully saturated rings. The number of halogens is 6. The Labute approximate surface area is 203 Å². The Kier molecular flexibility index (Phi) is 17.6. The second kappa shape index (κ2) is 15.3. The summed E-state index contributed by atoms with van der Waals surface area (Å²) in [4.78, 5) is 0. The molecule has 0 aromatic rings. The van der Waals surface area contributed by atoms with Gasteiger partial charge in [-0.2, -0.15) is 5.26 Å². The van der Waals surface area contributed by atoms with E-state index < -0.39 is 19.5 Å². The summed E-state index contributed by atoms with van der Waals surface area (Å²) in [7, 11) is 0. The van der Waals surface area contributed by atoms with Crippen LogP contribution in [0.4, 0.5) is 16.9 Å². The predicted octanol–water partition coefficient (Wildman–Crippen LogP) is 5.68. The van der Waals surface area contributed by atoms with Crippen molar-refractivity contribution in [2.45, 2.75) is 85.9 Å². The molecule has 0 bridgehead atoms. The van der Waals surface area contributed by atoms with Gasteiger partial charge in [-0.15, -0.1) is 0 Å². The summed E-state index contributed by atoms with van der Waals surface area (Å²) in [5, 5.41) is 18.6. The van der Waals surface area contributed by atoms with E-state index in [2.05, 4.69) is 57.5 Å². The van der Waals surface area contributed by atoms with Crippen molar-refractivity contribution in [1.82, 2.24) is 16.0 Å². The van der Waals surface area contributed by atoms with Crippen LogP contribution in [0.25, 0.3) is 0 Å². The summed E-state index contributed by atoms with van der Waals surface area (Å²) in [6.45, 7) is 18.6. The van der Waals surface area contributed by atoms with E-state index in [1.165, 1.54) is 26.2 Å². The monoisotopic (exact) mass is 636 g/mol. The molecule has 0 aliphatic heterocycles. The molecule has 0 aromatic carbocycles. The van der Waals surface area contributed by atoms with E-state index in [0.717, 1.165) is 37.4 Å². The fraction of sp³-hybridized carbons (Fsp3) is 0.950. The first kappa shape index (κ1) is 36.8. The average molecular weight is 638 g/mol. The van der Waals surface area contributed by atoms with Crippen LogP contribution >= 0.6 is 0 Å². The van der Waals surface area contributed by atoms with Gasteiger partial charge < -0.3 is 16.0 Å². The Hall–Kier alpha value is 0.288. The summed E-state index contributed by atoms with van der Waals surface area (Å²) in [5.74, 6) is 2.20. The first-order valence-electron chi connectivity index (χ1n) is 10.8. The van der Waals surface area contributed by atoms with Crippen LogP contribution in [-0.2, 0) is 17.1 Å². The molecule has 4 nitrogen and oxygen atoms in total. The Morgan fingerprint density at radius 2 is 0.844 bits per heavy atom. The molecule has 200 valence electrons. The zero-order valence-corrected chi connectivity index (χ0v) is 23.7. The normalized spacial score (nSPS) is 23.0. The van der Waals surface area contributed by atoms with Crippen LogP contribution in [0.15, 0.2) is 0 Å². The van der Waals surface area contributed by atoms with Crippen molar-refractivity contribution in [2.75, 3.05) is 19.6 Å². The van der Waals surface area contributed by atoms with Gasteiger partial charge in [0.2, 0.25) is 0 Å². The molecular weight excluding hydrogens is 596 g/mol. The average Bonchev–Trinajstić information content (AvgIpc) is 2.54. The van der Waals surface area contributed by atoms with Crippen molar-refractivity contribution in [2.24, 2.45) is 17.8 Å². The predicted molar refractivity (Wildman–Crippen MR) is 117 cm³/mol. The molecule has 0 saturated heterocycles. The molecule has 0 heterocycles. The molecule has 12 heteroatoms. The standard InChI is InChI=1S/C18H39N3.C2H3N.Cu.6FH.Sb/c1-13(2)10-19-16-7-17(20-11-14(3)4)9-18(8-16)21-12-15(5)6;1-2-3;;;;;;;;/h13-21H,7-12H2,1-6H3;1H3;;6*1H;/q;;+1;;;;;;;+5/p-6. The van der Waals surface area contributed by atoms with Crippen molar-refractivity contribution in [3.63, 3.8) is 0 Å². The van der Waals surface area contributed by atoms with Gasteiger partial charge in [0, 0.05) is 25.0 Å². The van der Waals surface area contributed by atoms with Gasteiger partial charge in [0.05, 0.1) is 6.07 Å².